The van der Waals surface area contributed by atoms with Crippen molar-refractivity contribution in [2.24, 2.45) is 0 Å². The van der Waals surface area contributed by atoms with Crippen molar-refractivity contribution in [2.45, 2.75) is 45.7 Å². The molecular formula is C15H26N2. The van der Waals surface area contributed by atoms with Gasteiger partial charge in [-0.2, -0.15) is 0 Å². The quantitative estimate of drug-likeness (QED) is 0.809. The second-order valence-electron chi connectivity index (χ2n) is 4.68. The van der Waals surface area contributed by atoms with E-state index in [1.165, 1.54) is 17.7 Å². The molecular weight excluding hydrogens is 208 g/mol. The molecule has 0 bridgehead atoms. The molecule has 2 heteroatoms. The SMILES string of the molecule is CCC(NC)c1ccccc1N(C)C(C)CC. The van der Waals surface area contributed by atoms with E-state index >= 15 is 0 Å². The Morgan fingerprint density at radius 2 is 1.82 bits per heavy atom. The van der Waals surface area contributed by atoms with Crippen LogP contribution < -0.4 is 10.2 Å². The predicted octanol–water partition coefficient (Wildman–Crippen LogP) is 3.59. The third-order valence-electron chi connectivity index (χ3n) is 3.70. The van der Waals surface area contributed by atoms with Crippen molar-refractivity contribution in [3.8, 4) is 0 Å². The van der Waals surface area contributed by atoms with Gasteiger partial charge in [0.05, 0.1) is 0 Å². The standard InChI is InChI=1S/C15H26N2/c1-6-12(3)17(5)15-11-9-8-10-13(15)14(7-2)16-4/h8-12,14,16H,6-7H2,1-5H3. The summed E-state index contributed by atoms with van der Waals surface area (Å²) in [4.78, 5) is 2.38. The first kappa shape index (κ1) is 14.0. The Morgan fingerprint density at radius 1 is 1.18 bits per heavy atom. The molecule has 1 aromatic rings. The van der Waals surface area contributed by atoms with E-state index in [-0.39, 0.29) is 0 Å². The Hall–Kier alpha value is -1.02. The number of rotatable bonds is 6. The Morgan fingerprint density at radius 3 is 2.35 bits per heavy atom. The number of nitrogens with one attached hydrogen (secondary N) is 1. The van der Waals surface area contributed by atoms with Gasteiger partial charge in [-0.3, -0.25) is 0 Å². The summed E-state index contributed by atoms with van der Waals surface area (Å²) in [7, 11) is 4.23. The fraction of sp³-hybridized carbons (Fsp3) is 0.600. The molecule has 0 aliphatic heterocycles. The van der Waals surface area contributed by atoms with E-state index in [0.29, 0.717) is 12.1 Å². The summed E-state index contributed by atoms with van der Waals surface area (Å²) in [6.07, 6.45) is 2.28. The number of para-hydroxylation sites is 1. The molecule has 0 heterocycles. The number of benzene rings is 1. The molecule has 1 rings (SSSR count). The lowest BCUT2D eigenvalue weighted by molar-refractivity contribution is 0.571. The lowest BCUT2D eigenvalue weighted by Gasteiger charge is -2.30. The Bertz CT molecular complexity index is 331. The zero-order chi connectivity index (χ0) is 12.8. The highest BCUT2D eigenvalue weighted by molar-refractivity contribution is 5.55. The van der Waals surface area contributed by atoms with E-state index in [4.69, 9.17) is 0 Å². The molecule has 0 radical (unpaired) electrons. The summed E-state index contributed by atoms with van der Waals surface area (Å²) in [5, 5.41) is 3.39. The van der Waals surface area contributed by atoms with Gasteiger partial charge in [-0.25, -0.2) is 0 Å². The van der Waals surface area contributed by atoms with Crippen LogP contribution in [0.15, 0.2) is 24.3 Å². The van der Waals surface area contributed by atoms with Crippen molar-refractivity contribution in [2.75, 3.05) is 19.0 Å². The normalized spacial score (nSPS) is 14.4. The van der Waals surface area contributed by atoms with Crippen molar-refractivity contribution in [3.63, 3.8) is 0 Å². The van der Waals surface area contributed by atoms with Crippen LogP contribution in [0, 0.1) is 0 Å². The highest BCUT2D eigenvalue weighted by Gasteiger charge is 2.16. The molecule has 2 unspecified atom stereocenters. The molecule has 17 heavy (non-hydrogen) atoms. The van der Waals surface area contributed by atoms with E-state index in [1.54, 1.807) is 0 Å². The van der Waals surface area contributed by atoms with Gasteiger partial charge in [0.1, 0.15) is 0 Å². The second kappa shape index (κ2) is 6.65. The summed E-state index contributed by atoms with van der Waals surface area (Å²) in [6.45, 7) is 6.73. The molecule has 1 aromatic carbocycles. The third-order valence-corrected chi connectivity index (χ3v) is 3.70. The van der Waals surface area contributed by atoms with Gasteiger partial charge in [0.25, 0.3) is 0 Å². The molecule has 0 aromatic heterocycles. The fourth-order valence-corrected chi connectivity index (χ4v) is 2.19. The predicted molar refractivity (Wildman–Crippen MR) is 76.7 cm³/mol. The molecule has 0 amide bonds. The van der Waals surface area contributed by atoms with Gasteiger partial charge in [-0.1, -0.05) is 32.0 Å². The first-order valence-electron chi connectivity index (χ1n) is 6.64. The fourth-order valence-electron chi connectivity index (χ4n) is 2.19. The Labute approximate surface area is 106 Å². The zero-order valence-electron chi connectivity index (χ0n) is 11.8. The molecule has 1 N–H and O–H groups in total. The second-order valence-corrected chi connectivity index (χ2v) is 4.68. The number of nitrogens with zero attached hydrogens (tertiary/aromatic N) is 1. The summed E-state index contributed by atoms with van der Waals surface area (Å²) < 4.78 is 0. The van der Waals surface area contributed by atoms with E-state index in [2.05, 4.69) is 62.3 Å². The summed E-state index contributed by atoms with van der Waals surface area (Å²) in [5.74, 6) is 0. The van der Waals surface area contributed by atoms with Crippen molar-refractivity contribution < 1.29 is 0 Å². The van der Waals surface area contributed by atoms with E-state index < -0.39 is 0 Å². The first-order chi connectivity index (χ1) is 8.15. The zero-order valence-corrected chi connectivity index (χ0v) is 11.8. The molecule has 0 saturated carbocycles. The Balaban J connectivity index is 3.06. The smallest absolute Gasteiger partial charge is 0.0414 e. The van der Waals surface area contributed by atoms with Crippen LogP contribution in [-0.2, 0) is 0 Å². The molecule has 0 saturated heterocycles. The van der Waals surface area contributed by atoms with Gasteiger partial charge in [0.2, 0.25) is 0 Å². The van der Waals surface area contributed by atoms with Gasteiger partial charge in [-0.15, -0.1) is 0 Å². The molecule has 0 spiro atoms. The Kier molecular flexibility index (Phi) is 5.49. The van der Waals surface area contributed by atoms with Crippen LogP contribution in [0.4, 0.5) is 5.69 Å². The minimum absolute atomic E-state index is 0.442. The number of hydrogen-bond donors (Lipinski definition) is 1. The van der Waals surface area contributed by atoms with Crippen molar-refractivity contribution in [1.29, 1.82) is 0 Å². The molecule has 0 fully saturated rings. The summed E-state index contributed by atoms with van der Waals surface area (Å²) in [5.41, 5.74) is 2.75. The van der Waals surface area contributed by atoms with Gasteiger partial charge in [0.15, 0.2) is 0 Å². The van der Waals surface area contributed by atoms with Crippen molar-refractivity contribution in [3.05, 3.63) is 29.8 Å². The maximum Gasteiger partial charge on any atom is 0.0414 e. The molecule has 2 nitrogen and oxygen atoms in total. The maximum absolute atomic E-state index is 3.39. The van der Waals surface area contributed by atoms with Crippen molar-refractivity contribution >= 4 is 5.69 Å². The lowest BCUT2D eigenvalue weighted by atomic mass is 10.0. The minimum Gasteiger partial charge on any atom is -0.372 e. The van der Waals surface area contributed by atoms with Gasteiger partial charge in [0, 0.05) is 24.8 Å². The summed E-state index contributed by atoms with van der Waals surface area (Å²) >= 11 is 0. The van der Waals surface area contributed by atoms with Crippen LogP contribution in [-0.4, -0.2) is 20.1 Å². The average molecular weight is 234 g/mol. The van der Waals surface area contributed by atoms with Crippen molar-refractivity contribution in [1.82, 2.24) is 5.32 Å². The topological polar surface area (TPSA) is 15.3 Å². The van der Waals surface area contributed by atoms with Gasteiger partial charge >= 0.3 is 0 Å². The summed E-state index contributed by atoms with van der Waals surface area (Å²) in [6, 6.07) is 9.73. The van der Waals surface area contributed by atoms with E-state index in [1.807, 2.05) is 7.05 Å². The minimum atomic E-state index is 0.442. The molecule has 2 atom stereocenters. The lowest BCUT2D eigenvalue weighted by Crippen LogP contribution is -2.30. The highest BCUT2D eigenvalue weighted by Crippen LogP contribution is 2.28. The molecule has 0 aliphatic rings. The third kappa shape index (κ3) is 3.22. The molecule has 96 valence electrons. The number of anilines is 1. The van der Waals surface area contributed by atoms with Gasteiger partial charge in [-0.05, 0) is 38.4 Å². The first-order valence-corrected chi connectivity index (χ1v) is 6.64. The van der Waals surface area contributed by atoms with Crippen LogP contribution in [0.1, 0.15) is 45.2 Å². The van der Waals surface area contributed by atoms with E-state index in [0.717, 1.165) is 6.42 Å². The van der Waals surface area contributed by atoms with Crippen LogP contribution in [0.2, 0.25) is 0 Å². The van der Waals surface area contributed by atoms with Crippen LogP contribution in [0.25, 0.3) is 0 Å². The highest BCUT2D eigenvalue weighted by atomic mass is 15.1. The maximum atomic E-state index is 3.39. The van der Waals surface area contributed by atoms with E-state index in [9.17, 15) is 0 Å². The van der Waals surface area contributed by atoms with Crippen LogP contribution >= 0.6 is 0 Å². The average Bonchev–Trinajstić information content (AvgIpc) is 2.39. The molecule has 0 aliphatic carbocycles. The monoisotopic (exact) mass is 234 g/mol. The number of hydrogen-bond acceptors (Lipinski definition) is 2. The van der Waals surface area contributed by atoms with Crippen LogP contribution in [0.3, 0.4) is 0 Å². The largest absolute Gasteiger partial charge is 0.372 e. The van der Waals surface area contributed by atoms with Gasteiger partial charge < -0.3 is 10.2 Å². The van der Waals surface area contributed by atoms with Crippen LogP contribution in [0.5, 0.6) is 0 Å².